The predicted octanol–water partition coefficient (Wildman–Crippen LogP) is 7.22. The van der Waals surface area contributed by atoms with Gasteiger partial charge in [-0.25, -0.2) is 4.68 Å². The molecule has 4 aromatic carbocycles. The van der Waals surface area contributed by atoms with Crippen molar-refractivity contribution in [2.45, 2.75) is 0 Å². The Balaban J connectivity index is 1.84. The number of halogens is 1. The van der Waals surface area contributed by atoms with Gasteiger partial charge in [0.05, 0.1) is 11.9 Å². The average Bonchev–Trinajstić information content (AvgIpc) is 3.37. The van der Waals surface area contributed by atoms with Gasteiger partial charge in [-0.2, -0.15) is 0 Å². The predicted molar refractivity (Wildman–Crippen MR) is 135 cm³/mol. The van der Waals surface area contributed by atoms with Crippen molar-refractivity contribution in [2.24, 2.45) is 0 Å². The first-order chi connectivity index (χ1) is 16.3. The molecule has 33 heavy (non-hydrogen) atoms. The molecular weight excluding hydrogens is 426 g/mol. The quantitative estimate of drug-likeness (QED) is 0.267. The lowest BCUT2D eigenvalue weighted by Gasteiger charge is -2.12. The maximum absolute atomic E-state index is 6.20. The first kappa shape index (κ1) is 20.7. The smallest absolute Gasteiger partial charge is 0.117 e. The minimum atomic E-state index is 0.676. The van der Waals surface area contributed by atoms with E-state index < -0.39 is 0 Å². The molecule has 0 aliphatic carbocycles. The molecular formula is C29H20ClN3. The van der Waals surface area contributed by atoms with Gasteiger partial charge in [0.2, 0.25) is 0 Å². The molecule has 1 aromatic heterocycles. The molecule has 0 aliphatic heterocycles. The highest BCUT2D eigenvalue weighted by molar-refractivity contribution is 6.30. The SMILES string of the molecule is Clc1ccc(C(=C=C(c2ccccc2)c2ccccc2)n2nncc2-c2ccccc2)cc1. The molecule has 4 heteroatoms. The third-order valence-corrected chi connectivity index (χ3v) is 5.57. The van der Waals surface area contributed by atoms with E-state index in [2.05, 4.69) is 40.3 Å². The second-order valence-corrected chi connectivity index (χ2v) is 7.92. The maximum Gasteiger partial charge on any atom is 0.117 e. The lowest BCUT2D eigenvalue weighted by atomic mass is 9.97. The zero-order chi connectivity index (χ0) is 22.5. The van der Waals surface area contributed by atoms with Gasteiger partial charge >= 0.3 is 0 Å². The summed E-state index contributed by atoms with van der Waals surface area (Å²) < 4.78 is 1.84. The van der Waals surface area contributed by atoms with Gasteiger partial charge in [0.15, 0.2) is 0 Å². The number of nitrogens with zero attached hydrogens (tertiary/aromatic N) is 3. The van der Waals surface area contributed by atoms with Crippen molar-refractivity contribution in [3.63, 3.8) is 0 Å². The number of benzene rings is 4. The molecule has 5 aromatic rings. The Kier molecular flexibility index (Phi) is 5.99. The van der Waals surface area contributed by atoms with Gasteiger partial charge in [-0.15, -0.1) is 5.10 Å². The highest BCUT2D eigenvalue weighted by Gasteiger charge is 2.14. The Morgan fingerprint density at radius 2 is 1.18 bits per heavy atom. The summed E-state index contributed by atoms with van der Waals surface area (Å²) in [6.45, 7) is 0. The van der Waals surface area contributed by atoms with Crippen molar-refractivity contribution in [3.05, 3.63) is 149 Å². The Labute approximate surface area is 197 Å². The van der Waals surface area contributed by atoms with Gasteiger partial charge in [-0.05, 0) is 23.3 Å². The van der Waals surface area contributed by atoms with Crippen molar-refractivity contribution >= 4 is 22.9 Å². The number of hydrogen-bond acceptors (Lipinski definition) is 2. The van der Waals surface area contributed by atoms with Crippen molar-refractivity contribution < 1.29 is 0 Å². The summed E-state index contributed by atoms with van der Waals surface area (Å²) >= 11 is 6.20. The molecule has 0 N–H and O–H groups in total. The van der Waals surface area contributed by atoms with Crippen molar-refractivity contribution in [1.82, 2.24) is 15.0 Å². The summed E-state index contributed by atoms with van der Waals surface area (Å²) in [5.74, 6) is 0. The van der Waals surface area contributed by atoms with Crippen LogP contribution in [0.4, 0.5) is 0 Å². The third kappa shape index (κ3) is 4.56. The second kappa shape index (κ2) is 9.54. The normalized spacial score (nSPS) is 10.5. The third-order valence-electron chi connectivity index (χ3n) is 5.32. The van der Waals surface area contributed by atoms with Crippen LogP contribution in [0.2, 0.25) is 5.02 Å². The van der Waals surface area contributed by atoms with Crippen LogP contribution >= 0.6 is 11.6 Å². The van der Waals surface area contributed by atoms with Crippen LogP contribution in [-0.2, 0) is 0 Å². The molecule has 0 radical (unpaired) electrons. The fourth-order valence-corrected chi connectivity index (χ4v) is 3.83. The molecule has 0 aliphatic rings. The minimum Gasteiger partial charge on any atom is -0.204 e. The van der Waals surface area contributed by atoms with E-state index >= 15 is 0 Å². The Morgan fingerprint density at radius 3 is 1.76 bits per heavy atom. The first-order valence-electron chi connectivity index (χ1n) is 10.6. The van der Waals surface area contributed by atoms with E-state index in [-0.39, 0.29) is 0 Å². The summed E-state index contributed by atoms with van der Waals surface area (Å²) in [4.78, 5) is 0. The summed E-state index contributed by atoms with van der Waals surface area (Å²) in [5.41, 5.74) is 10.4. The van der Waals surface area contributed by atoms with Gasteiger partial charge in [0, 0.05) is 21.7 Å². The highest BCUT2D eigenvalue weighted by atomic mass is 35.5. The monoisotopic (exact) mass is 445 g/mol. The standard InChI is InChI=1S/C29H20ClN3/c30-26-18-16-25(17-19-26)28(33-29(21-31-32-33)24-14-8-3-9-15-24)20-27(22-10-4-1-5-11-22)23-12-6-2-7-13-23/h1-19,21H. The van der Waals surface area contributed by atoms with Crippen LogP contribution in [0.15, 0.2) is 127 Å². The Hall–Kier alpha value is -4.17. The molecule has 0 amide bonds. The van der Waals surface area contributed by atoms with E-state index in [1.165, 1.54) is 0 Å². The number of aromatic nitrogens is 3. The van der Waals surface area contributed by atoms with Crippen LogP contribution in [0, 0.1) is 0 Å². The topological polar surface area (TPSA) is 30.7 Å². The van der Waals surface area contributed by atoms with E-state index in [9.17, 15) is 0 Å². The average molecular weight is 446 g/mol. The second-order valence-electron chi connectivity index (χ2n) is 7.48. The molecule has 5 rings (SSSR count). The lowest BCUT2D eigenvalue weighted by molar-refractivity contribution is 0.826. The van der Waals surface area contributed by atoms with Crippen LogP contribution < -0.4 is 0 Å². The fraction of sp³-hybridized carbons (Fsp3) is 0. The van der Waals surface area contributed by atoms with Gasteiger partial charge < -0.3 is 0 Å². The maximum atomic E-state index is 6.20. The zero-order valence-electron chi connectivity index (χ0n) is 17.8. The molecule has 1 heterocycles. The zero-order valence-corrected chi connectivity index (χ0v) is 18.5. The molecule has 0 unspecified atom stereocenters. The summed E-state index contributed by atoms with van der Waals surface area (Å²) in [5, 5.41) is 9.36. The van der Waals surface area contributed by atoms with Crippen molar-refractivity contribution in [2.75, 3.05) is 0 Å². The van der Waals surface area contributed by atoms with Crippen LogP contribution in [0.3, 0.4) is 0 Å². The lowest BCUT2D eigenvalue weighted by Crippen LogP contribution is -2.03. The number of hydrogen-bond donors (Lipinski definition) is 0. The van der Waals surface area contributed by atoms with E-state index in [1.54, 1.807) is 6.20 Å². The van der Waals surface area contributed by atoms with Gasteiger partial charge in [-0.3, -0.25) is 0 Å². The van der Waals surface area contributed by atoms with Crippen LogP contribution in [0.1, 0.15) is 16.7 Å². The van der Waals surface area contributed by atoms with Crippen LogP contribution in [-0.4, -0.2) is 15.0 Å². The van der Waals surface area contributed by atoms with E-state index in [0.29, 0.717) is 5.02 Å². The Bertz CT molecular complexity index is 1370. The molecule has 0 saturated heterocycles. The van der Waals surface area contributed by atoms with Crippen LogP contribution in [0.5, 0.6) is 0 Å². The van der Waals surface area contributed by atoms with Crippen molar-refractivity contribution in [3.8, 4) is 11.3 Å². The first-order valence-corrected chi connectivity index (χ1v) is 11.0. The largest absolute Gasteiger partial charge is 0.204 e. The molecule has 0 bridgehead atoms. The molecule has 0 saturated carbocycles. The van der Waals surface area contributed by atoms with Crippen LogP contribution in [0.25, 0.3) is 22.5 Å². The van der Waals surface area contributed by atoms with Gasteiger partial charge in [-0.1, -0.05) is 126 Å². The molecule has 0 fully saturated rings. The summed E-state index contributed by atoms with van der Waals surface area (Å²) in [7, 11) is 0. The molecule has 0 spiro atoms. The molecule has 0 atom stereocenters. The van der Waals surface area contributed by atoms with E-state index in [1.807, 2.05) is 95.7 Å². The number of rotatable bonds is 5. The van der Waals surface area contributed by atoms with E-state index in [4.69, 9.17) is 11.6 Å². The summed E-state index contributed by atoms with van der Waals surface area (Å²) in [6, 6.07) is 38.4. The molecule has 3 nitrogen and oxygen atoms in total. The molecule has 158 valence electrons. The van der Waals surface area contributed by atoms with E-state index in [0.717, 1.165) is 39.2 Å². The van der Waals surface area contributed by atoms with Gasteiger partial charge in [0.1, 0.15) is 5.70 Å². The Morgan fingerprint density at radius 1 is 0.636 bits per heavy atom. The summed E-state index contributed by atoms with van der Waals surface area (Å²) in [6.07, 6.45) is 1.78. The highest BCUT2D eigenvalue weighted by Crippen LogP contribution is 2.28. The fourth-order valence-electron chi connectivity index (χ4n) is 3.70. The van der Waals surface area contributed by atoms with Gasteiger partial charge in [0.25, 0.3) is 0 Å². The van der Waals surface area contributed by atoms with Crippen molar-refractivity contribution in [1.29, 1.82) is 0 Å². The minimum absolute atomic E-state index is 0.676.